The Bertz CT molecular complexity index is 948. The summed E-state index contributed by atoms with van der Waals surface area (Å²) < 4.78 is 6.36. The molecule has 0 fully saturated rings. The van der Waals surface area contributed by atoms with Crippen molar-refractivity contribution in [3.05, 3.63) is 52.6 Å². The largest absolute Gasteiger partial charge is 0.451 e. The van der Waals surface area contributed by atoms with E-state index in [0.29, 0.717) is 17.4 Å². The third-order valence-corrected chi connectivity index (χ3v) is 4.84. The van der Waals surface area contributed by atoms with E-state index in [1.807, 2.05) is 0 Å². The lowest BCUT2D eigenvalue weighted by molar-refractivity contribution is -0.155. The highest BCUT2D eigenvalue weighted by Gasteiger charge is 2.18. The molecule has 0 bridgehead atoms. The van der Waals surface area contributed by atoms with Gasteiger partial charge in [-0.2, -0.15) is 0 Å². The van der Waals surface area contributed by atoms with Crippen molar-refractivity contribution in [2.45, 2.75) is 51.7 Å². The van der Waals surface area contributed by atoms with Crippen molar-refractivity contribution in [2.24, 2.45) is 0 Å². The zero-order valence-electron chi connectivity index (χ0n) is 16.0. The highest BCUT2D eigenvalue weighted by Crippen LogP contribution is 2.19. The molecule has 28 heavy (non-hydrogen) atoms. The first kappa shape index (κ1) is 19.8. The number of ether oxygens (including phenoxy) is 1. The number of aromatic nitrogens is 2. The Morgan fingerprint density at radius 2 is 2.11 bits per heavy atom. The standard InChI is InChI=1S/C21H25N3O4/c1-15(20(26)22-12-11-16-7-3-2-4-8-16)28-19(25)13-24-14-23-18-10-6-5-9-17(18)21(24)27/h5-7,9-10,14-15H,2-4,8,11-13H2,1H3,(H,22,26)/t15-/m1/s1. The van der Waals surface area contributed by atoms with Gasteiger partial charge in [-0.3, -0.25) is 19.0 Å². The van der Waals surface area contributed by atoms with Crippen LogP contribution in [0, 0.1) is 0 Å². The number of allylic oxidation sites excluding steroid dienone is 1. The van der Waals surface area contributed by atoms with E-state index >= 15 is 0 Å². The molecular weight excluding hydrogens is 358 g/mol. The van der Waals surface area contributed by atoms with Crippen LogP contribution in [0.2, 0.25) is 0 Å². The van der Waals surface area contributed by atoms with Crippen molar-refractivity contribution in [3.8, 4) is 0 Å². The van der Waals surface area contributed by atoms with Gasteiger partial charge >= 0.3 is 5.97 Å². The van der Waals surface area contributed by atoms with Crippen molar-refractivity contribution in [2.75, 3.05) is 6.54 Å². The van der Waals surface area contributed by atoms with Crippen molar-refractivity contribution in [1.82, 2.24) is 14.9 Å². The molecule has 7 heteroatoms. The second-order valence-corrected chi connectivity index (χ2v) is 6.98. The average molecular weight is 383 g/mol. The number of fused-ring (bicyclic) bond motifs is 1. The lowest BCUT2D eigenvalue weighted by Crippen LogP contribution is -2.37. The maximum absolute atomic E-state index is 12.4. The van der Waals surface area contributed by atoms with Crippen molar-refractivity contribution in [1.29, 1.82) is 0 Å². The van der Waals surface area contributed by atoms with Crippen LogP contribution in [0.5, 0.6) is 0 Å². The molecule has 1 heterocycles. The van der Waals surface area contributed by atoms with Crippen molar-refractivity contribution < 1.29 is 14.3 Å². The lowest BCUT2D eigenvalue weighted by Gasteiger charge is -2.16. The number of para-hydroxylation sites is 1. The highest BCUT2D eigenvalue weighted by atomic mass is 16.5. The predicted octanol–water partition coefficient (Wildman–Crippen LogP) is 2.33. The SMILES string of the molecule is C[C@@H](OC(=O)Cn1cnc2ccccc2c1=O)C(=O)NCCC1=CCCCC1. The zero-order valence-corrected chi connectivity index (χ0v) is 16.0. The van der Waals surface area contributed by atoms with Gasteiger partial charge in [-0.15, -0.1) is 0 Å². The van der Waals surface area contributed by atoms with E-state index in [2.05, 4.69) is 16.4 Å². The Kier molecular flexibility index (Phi) is 6.57. The van der Waals surface area contributed by atoms with Crippen LogP contribution in [0.1, 0.15) is 39.0 Å². The molecule has 7 nitrogen and oxygen atoms in total. The molecule has 0 radical (unpaired) electrons. The first-order chi connectivity index (χ1) is 13.5. The molecule has 0 saturated carbocycles. The highest BCUT2D eigenvalue weighted by molar-refractivity contribution is 5.83. The van der Waals surface area contributed by atoms with E-state index < -0.39 is 12.1 Å². The average Bonchev–Trinajstić information content (AvgIpc) is 2.71. The maximum Gasteiger partial charge on any atom is 0.326 e. The summed E-state index contributed by atoms with van der Waals surface area (Å²) in [7, 11) is 0. The summed E-state index contributed by atoms with van der Waals surface area (Å²) in [5.41, 5.74) is 1.62. The van der Waals surface area contributed by atoms with Gasteiger partial charge in [-0.25, -0.2) is 4.98 Å². The van der Waals surface area contributed by atoms with Crippen molar-refractivity contribution >= 4 is 22.8 Å². The molecule has 3 rings (SSSR count). The first-order valence-corrected chi connectivity index (χ1v) is 9.64. The van der Waals surface area contributed by atoms with E-state index in [9.17, 15) is 14.4 Å². The first-order valence-electron chi connectivity index (χ1n) is 9.64. The molecule has 0 unspecified atom stereocenters. The minimum atomic E-state index is -0.919. The molecule has 1 amide bonds. The molecule has 0 saturated heterocycles. The van der Waals surface area contributed by atoms with Crippen LogP contribution in [-0.2, 0) is 20.9 Å². The Balaban J connectivity index is 1.50. The Labute approximate surface area is 163 Å². The van der Waals surface area contributed by atoms with Crippen LogP contribution < -0.4 is 10.9 Å². The molecule has 1 aliphatic carbocycles. The minimum absolute atomic E-state index is 0.291. The number of nitrogens with zero attached hydrogens (tertiary/aromatic N) is 2. The van der Waals surface area contributed by atoms with Gasteiger partial charge in [0.05, 0.1) is 17.2 Å². The Hall–Kier alpha value is -2.96. The van der Waals surface area contributed by atoms with Crippen LogP contribution >= 0.6 is 0 Å². The van der Waals surface area contributed by atoms with E-state index in [1.54, 1.807) is 24.3 Å². The monoisotopic (exact) mass is 383 g/mol. The minimum Gasteiger partial charge on any atom is -0.451 e. The molecule has 148 valence electrons. The molecule has 1 aromatic carbocycles. The number of hydrogen-bond donors (Lipinski definition) is 1. The third-order valence-electron chi connectivity index (χ3n) is 4.84. The van der Waals surface area contributed by atoms with Crippen LogP contribution in [-0.4, -0.2) is 34.1 Å². The normalized spacial score (nSPS) is 15.0. The summed E-state index contributed by atoms with van der Waals surface area (Å²) >= 11 is 0. The maximum atomic E-state index is 12.4. The van der Waals surface area contributed by atoms with E-state index in [-0.39, 0.29) is 18.0 Å². The Morgan fingerprint density at radius 3 is 2.89 bits per heavy atom. The molecule has 1 aromatic heterocycles. The summed E-state index contributed by atoms with van der Waals surface area (Å²) in [6.45, 7) is 1.76. The molecule has 1 atom stereocenters. The second kappa shape index (κ2) is 9.30. The van der Waals surface area contributed by atoms with Crippen LogP contribution in [0.4, 0.5) is 0 Å². The van der Waals surface area contributed by atoms with Crippen LogP contribution in [0.3, 0.4) is 0 Å². The fourth-order valence-electron chi connectivity index (χ4n) is 3.27. The summed E-state index contributed by atoms with van der Waals surface area (Å²) in [4.78, 5) is 40.8. The number of carbonyl (C=O) groups excluding carboxylic acids is 2. The quantitative estimate of drug-likeness (QED) is 0.585. The molecule has 1 N–H and O–H groups in total. The summed E-state index contributed by atoms with van der Waals surface area (Å²) in [6.07, 6.45) is 8.11. The van der Waals surface area contributed by atoms with E-state index in [1.165, 1.54) is 36.2 Å². The van der Waals surface area contributed by atoms with Crippen molar-refractivity contribution in [3.63, 3.8) is 0 Å². The van der Waals surface area contributed by atoms with Gasteiger partial charge < -0.3 is 10.1 Å². The van der Waals surface area contributed by atoms with Gasteiger partial charge in [0.25, 0.3) is 11.5 Å². The van der Waals surface area contributed by atoms with Gasteiger partial charge in [0.1, 0.15) is 6.54 Å². The molecule has 1 aliphatic rings. The van der Waals surface area contributed by atoms with Crippen LogP contribution in [0.25, 0.3) is 10.9 Å². The van der Waals surface area contributed by atoms with E-state index in [4.69, 9.17) is 4.74 Å². The molecule has 0 aliphatic heterocycles. The fraction of sp³-hybridized carbons (Fsp3) is 0.429. The number of benzene rings is 1. The molecule has 0 spiro atoms. The number of rotatable bonds is 7. The second-order valence-electron chi connectivity index (χ2n) is 6.98. The van der Waals surface area contributed by atoms with Gasteiger partial charge in [0, 0.05) is 6.54 Å². The van der Waals surface area contributed by atoms with Gasteiger partial charge in [0.2, 0.25) is 0 Å². The lowest BCUT2D eigenvalue weighted by atomic mass is 9.97. The predicted molar refractivity (Wildman–Crippen MR) is 106 cm³/mol. The zero-order chi connectivity index (χ0) is 19.9. The number of esters is 1. The summed E-state index contributed by atoms with van der Waals surface area (Å²) in [5, 5.41) is 3.23. The molecular formula is C21H25N3O4. The van der Waals surface area contributed by atoms with Crippen LogP contribution in [0.15, 0.2) is 47.0 Å². The Morgan fingerprint density at radius 1 is 1.29 bits per heavy atom. The van der Waals surface area contributed by atoms with Gasteiger partial charge in [-0.05, 0) is 51.2 Å². The number of nitrogens with one attached hydrogen (secondary N) is 1. The number of carbonyl (C=O) groups is 2. The summed E-state index contributed by atoms with van der Waals surface area (Å²) in [5.74, 6) is -0.995. The number of hydrogen-bond acceptors (Lipinski definition) is 5. The topological polar surface area (TPSA) is 90.3 Å². The van der Waals surface area contributed by atoms with Gasteiger partial charge in [0.15, 0.2) is 6.10 Å². The van der Waals surface area contributed by atoms with Gasteiger partial charge in [-0.1, -0.05) is 23.8 Å². The smallest absolute Gasteiger partial charge is 0.326 e. The van der Waals surface area contributed by atoms with E-state index in [0.717, 1.165) is 19.3 Å². The number of amides is 1. The molecule has 2 aromatic rings. The summed E-state index contributed by atoms with van der Waals surface area (Å²) in [6, 6.07) is 6.92. The third kappa shape index (κ3) is 5.06. The fourth-order valence-corrected chi connectivity index (χ4v) is 3.27.